The van der Waals surface area contributed by atoms with Gasteiger partial charge in [-0.25, -0.2) is 0 Å². The molecular formula is C14H19NOS. The Morgan fingerprint density at radius 3 is 2.94 bits per heavy atom. The van der Waals surface area contributed by atoms with Gasteiger partial charge in [-0.3, -0.25) is 0 Å². The first kappa shape index (κ1) is 11.4. The van der Waals surface area contributed by atoms with Crippen molar-refractivity contribution in [2.75, 3.05) is 12.9 Å². The van der Waals surface area contributed by atoms with Crippen LogP contribution >= 0.6 is 11.8 Å². The van der Waals surface area contributed by atoms with Crippen molar-refractivity contribution in [1.82, 2.24) is 5.32 Å². The van der Waals surface area contributed by atoms with Crippen LogP contribution in [0.25, 0.3) is 0 Å². The molecule has 1 unspecified atom stereocenters. The maximum atomic E-state index is 5.32. The average molecular weight is 249 g/mol. The van der Waals surface area contributed by atoms with Crippen molar-refractivity contribution in [1.29, 1.82) is 0 Å². The zero-order valence-electron chi connectivity index (χ0n) is 10.2. The van der Waals surface area contributed by atoms with Crippen molar-refractivity contribution in [2.24, 2.45) is 0 Å². The molecule has 2 nitrogen and oxygen atoms in total. The highest BCUT2D eigenvalue weighted by Gasteiger charge is 2.27. The van der Waals surface area contributed by atoms with E-state index in [0.717, 1.165) is 11.8 Å². The Hall–Kier alpha value is -0.670. The fraction of sp³-hybridized carbons (Fsp3) is 0.571. The van der Waals surface area contributed by atoms with Crippen molar-refractivity contribution in [3.63, 3.8) is 0 Å². The molecule has 1 heterocycles. The van der Waals surface area contributed by atoms with E-state index in [4.69, 9.17) is 4.74 Å². The molecule has 1 fully saturated rings. The lowest BCUT2D eigenvalue weighted by Gasteiger charge is -2.19. The van der Waals surface area contributed by atoms with Gasteiger partial charge in [0.25, 0.3) is 0 Å². The Balaban J connectivity index is 1.87. The second-order valence-corrected chi connectivity index (χ2v) is 6.02. The van der Waals surface area contributed by atoms with E-state index in [2.05, 4.69) is 23.5 Å². The van der Waals surface area contributed by atoms with E-state index in [0.29, 0.717) is 6.04 Å². The summed E-state index contributed by atoms with van der Waals surface area (Å²) in [6, 6.07) is 7.85. The van der Waals surface area contributed by atoms with Gasteiger partial charge < -0.3 is 10.1 Å². The van der Waals surface area contributed by atoms with Crippen molar-refractivity contribution < 1.29 is 4.74 Å². The number of methoxy groups -OCH3 is 1. The molecular weight excluding hydrogens is 230 g/mol. The summed E-state index contributed by atoms with van der Waals surface area (Å²) < 4.78 is 5.32. The number of hydrogen-bond donors (Lipinski definition) is 1. The van der Waals surface area contributed by atoms with Crippen LogP contribution in [0.3, 0.4) is 0 Å². The maximum absolute atomic E-state index is 5.32. The Morgan fingerprint density at radius 1 is 1.29 bits per heavy atom. The number of benzene rings is 1. The number of ether oxygens (including phenoxy) is 1. The summed E-state index contributed by atoms with van der Waals surface area (Å²) in [6.45, 7) is 0. The van der Waals surface area contributed by atoms with E-state index in [1.165, 1.54) is 41.9 Å². The van der Waals surface area contributed by atoms with Crippen molar-refractivity contribution in [3.8, 4) is 5.75 Å². The molecule has 1 saturated carbocycles. The molecule has 1 aromatic carbocycles. The minimum atomic E-state index is 0.554. The third-order valence-electron chi connectivity index (χ3n) is 3.51. The fourth-order valence-corrected chi connectivity index (χ4v) is 3.49. The highest BCUT2D eigenvalue weighted by atomic mass is 32.2. The van der Waals surface area contributed by atoms with Crippen molar-refractivity contribution >= 4 is 11.8 Å². The van der Waals surface area contributed by atoms with E-state index < -0.39 is 0 Å². The molecule has 1 aromatic rings. The summed E-state index contributed by atoms with van der Waals surface area (Å²) in [7, 11) is 1.74. The Kier molecular flexibility index (Phi) is 3.30. The van der Waals surface area contributed by atoms with Crippen LogP contribution in [0.4, 0.5) is 0 Å². The lowest BCUT2D eigenvalue weighted by Crippen LogP contribution is -2.23. The second kappa shape index (κ2) is 4.91. The number of rotatable bonds is 3. The number of fused-ring (bicyclic) bond motifs is 1. The second-order valence-electron chi connectivity index (χ2n) is 4.89. The van der Waals surface area contributed by atoms with Crippen LogP contribution in [-0.4, -0.2) is 18.9 Å². The predicted molar refractivity (Wildman–Crippen MR) is 71.9 cm³/mol. The molecule has 0 amide bonds. The molecule has 3 rings (SSSR count). The molecule has 1 aliphatic heterocycles. The van der Waals surface area contributed by atoms with Gasteiger partial charge in [-0.2, -0.15) is 0 Å². The molecule has 1 aliphatic carbocycles. The van der Waals surface area contributed by atoms with Gasteiger partial charge in [-0.15, -0.1) is 11.8 Å². The summed E-state index contributed by atoms with van der Waals surface area (Å²) in [5, 5.41) is 3.77. The smallest absolute Gasteiger partial charge is 0.119 e. The minimum absolute atomic E-state index is 0.554. The lowest BCUT2D eigenvalue weighted by atomic mass is 10.0. The van der Waals surface area contributed by atoms with E-state index >= 15 is 0 Å². The Morgan fingerprint density at radius 2 is 2.18 bits per heavy atom. The molecule has 3 heteroatoms. The maximum Gasteiger partial charge on any atom is 0.119 e. The zero-order chi connectivity index (χ0) is 11.7. The number of thioether (sulfide) groups is 1. The monoisotopic (exact) mass is 249 g/mol. The van der Waals surface area contributed by atoms with Crippen LogP contribution in [-0.2, 0) is 0 Å². The van der Waals surface area contributed by atoms with Gasteiger partial charge in [-0.05, 0) is 49.1 Å². The molecule has 1 atom stereocenters. The van der Waals surface area contributed by atoms with Crippen molar-refractivity contribution in [2.45, 2.75) is 42.7 Å². The van der Waals surface area contributed by atoms with E-state index in [1.807, 2.05) is 11.8 Å². The van der Waals surface area contributed by atoms with Gasteiger partial charge in [0.15, 0.2) is 0 Å². The first-order valence-electron chi connectivity index (χ1n) is 6.43. The van der Waals surface area contributed by atoms with Crippen LogP contribution in [0.2, 0.25) is 0 Å². The Labute approximate surface area is 107 Å². The first-order chi connectivity index (χ1) is 8.36. The fourth-order valence-electron chi connectivity index (χ4n) is 2.39. The molecule has 0 spiro atoms. The number of hydrogen-bond acceptors (Lipinski definition) is 3. The molecule has 0 radical (unpaired) electrons. The standard InChI is InChI=1S/C14H19NOS/c1-16-11-6-7-12-13(15-10-4-5-10)3-2-8-17-14(12)9-11/h6-7,9-10,13,15H,2-5,8H2,1H3. The largest absolute Gasteiger partial charge is 0.497 e. The van der Waals surface area contributed by atoms with Gasteiger partial charge in [0.05, 0.1) is 7.11 Å². The number of nitrogens with one attached hydrogen (secondary N) is 1. The van der Waals surface area contributed by atoms with Crippen LogP contribution < -0.4 is 10.1 Å². The van der Waals surface area contributed by atoms with Gasteiger partial charge >= 0.3 is 0 Å². The quantitative estimate of drug-likeness (QED) is 0.887. The molecule has 17 heavy (non-hydrogen) atoms. The van der Waals surface area contributed by atoms with Crippen LogP contribution in [0.5, 0.6) is 5.75 Å². The normalized spacial score (nSPS) is 23.9. The van der Waals surface area contributed by atoms with E-state index in [1.54, 1.807) is 7.11 Å². The van der Waals surface area contributed by atoms with Gasteiger partial charge in [0.1, 0.15) is 5.75 Å². The molecule has 2 aliphatic rings. The minimum Gasteiger partial charge on any atom is -0.497 e. The van der Waals surface area contributed by atoms with E-state index in [9.17, 15) is 0 Å². The van der Waals surface area contributed by atoms with Crippen LogP contribution in [0.1, 0.15) is 37.3 Å². The van der Waals surface area contributed by atoms with Crippen molar-refractivity contribution in [3.05, 3.63) is 23.8 Å². The highest BCUT2D eigenvalue weighted by Crippen LogP contribution is 2.38. The SMILES string of the molecule is COc1ccc2c(c1)SCCCC2NC1CC1. The topological polar surface area (TPSA) is 21.3 Å². The molecule has 0 bridgehead atoms. The van der Waals surface area contributed by atoms with E-state index in [-0.39, 0.29) is 0 Å². The molecule has 1 N–H and O–H groups in total. The summed E-state index contributed by atoms with van der Waals surface area (Å²) >= 11 is 1.97. The van der Waals surface area contributed by atoms with Gasteiger partial charge in [0, 0.05) is 17.0 Å². The summed E-state index contributed by atoms with van der Waals surface area (Å²) in [5.74, 6) is 2.20. The third-order valence-corrected chi connectivity index (χ3v) is 4.66. The van der Waals surface area contributed by atoms with Crippen LogP contribution in [0.15, 0.2) is 23.1 Å². The summed E-state index contributed by atoms with van der Waals surface area (Å²) in [6.07, 6.45) is 5.28. The zero-order valence-corrected chi connectivity index (χ0v) is 11.1. The molecule has 92 valence electrons. The van der Waals surface area contributed by atoms with Crippen LogP contribution in [0, 0.1) is 0 Å². The van der Waals surface area contributed by atoms with Gasteiger partial charge in [-0.1, -0.05) is 6.07 Å². The summed E-state index contributed by atoms with van der Waals surface area (Å²) in [4.78, 5) is 1.40. The molecule has 0 saturated heterocycles. The summed E-state index contributed by atoms with van der Waals surface area (Å²) in [5.41, 5.74) is 1.47. The first-order valence-corrected chi connectivity index (χ1v) is 7.42. The predicted octanol–water partition coefficient (Wildman–Crippen LogP) is 3.37. The highest BCUT2D eigenvalue weighted by molar-refractivity contribution is 7.99. The Bertz CT molecular complexity index is 403. The third kappa shape index (κ3) is 2.61. The van der Waals surface area contributed by atoms with Gasteiger partial charge in [0.2, 0.25) is 0 Å². The average Bonchev–Trinajstić information content (AvgIpc) is 3.17. The molecule has 0 aromatic heterocycles. The lowest BCUT2D eigenvalue weighted by molar-refractivity contribution is 0.412.